The third kappa shape index (κ3) is 4.85. The van der Waals surface area contributed by atoms with Crippen molar-refractivity contribution in [2.45, 2.75) is 12.3 Å². The molecule has 8 heteroatoms. The number of thioether (sulfide) groups is 1. The van der Waals surface area contributed by atoms with Crippen molar-refractivity contribution in [1.29, 1.82) is 5.26 Å². The number of carbonyl (C=O) groups excluding carboxylic acids is 2. The molecular weight excluding hydrogens is 450 g/mol. The molecule has 0 aliphatic carbocycles. The fourth-order valence-corrected chi connectivity index (χ4v) is 4.87. The molecule has 3 aromatic carbocycles. The van der Waals surface area contributed by atoms with E-state index >= 15 is 0 Å². The highest BCUT2D eigenvalue weighted by Crippen LogP contribution is 2.39. The fourth-order valence-electron chi connectivity index (χ4n) is 3.99. The molecule has 0 unspecified atom stereocenters. The number of anilines is 1. The van der Waals surface area contributed by atoms with E-state index in [9.17, 15) is 14.9 Å². The van der Waals surface area contributed by atoms with Crippen LogP contribution in [0.2, 0.25) is 0 Å². The first-order chi connectivity index (χ1) is 16.5. The third-order valence-corrected chi connectivity index (χ3v) is 6.60. The van der Waals surface area contributed by atoms with Crippen LogP contribution in [-0.2, 0) is 9.59 Å². The summed E-state index contributed by atoms with van der Waals surface area (Å²) in [5.41, 5.74) is 1.85. The molecule has 0 fully saturated rings. The average Bonchev–Trinajstić information content (AvgIpc) is 2.86. The minimum absolute atomic E-state index is 0.00339. The van der Waals surface area contributed by atoms with E-state index in [4.69, 9.17) is 9.47 Å². The van der Waals surface area contributed by atoms with Crippen molar-refractivity contribution in [2.75, 3.05) is 25.3 Å². The van der Waals surface area contributed by atoms with Crippen molar-refractivity contribution in [2.24, 2.45) is 0 Å². The smallest absolute Gasteiger partial charge is 0.234 e. The number of nitriles is 1. The molecule has 4 rings (SSSR count). The zero-order valence-electron chi connectivity index (χ0n) is 18.8. The number of allylic oxidation sites excluding steroid dienone is 1. The first-order valence-corrected chi connectivity index (χ1v) is 11.6. The molecule has 1 heterocycles. The largest absolute Gasteiger partial charge is 0.497 e. The number of hydrogen-bond acceptors (Lipinski definition) is 6. The maximum Gasteiger partial charge on any atom is 0.234 e. The van der Waals surface area contributed by atoms with Crippen molar-refractivity contribution < 1.29 is 19.1 Å². The van der Waals surface area contributed by atoms with E-state index in [-0.39, 0.29) is 29.9 Å². The number of hydrogen-bond donors (Lipinski definition) is 2. The van der Waals surface area contributed by atoms with Gasteiger partial charge in [0.15, 0.2) is 0 Å². The summed E-state index contributed by atoms with van der Waals surface area (Å²) in [5, 5.41) is 18.0. The molecule has 1 aliphatic heterocycles. The molecule has 34 heavy (non-hydrogen) atoms. The van der Waals surface area contributed by atoms with Gasteiger partial charge in [-0.15, -0.1) is 0 Å². The average molecular weight is 474 g/mol. The summed E-state index contributed by atoms with van der Waals surface area (Å²) in [6, 6.07) is 21.2. The summed E-state index contributed by atoms with van der Waals surface area (Å²) in [7, 11) is 3.05. The SMILES string of the molecule is COc1ccc(OC)c(NC(=O)CSC2=C(C#N)[C@H](c3cccc4ccccc34)CC(=O)N2)c1. The Balaban J connectivity index is 1.57. The molecule has 0 bridgehead atoms. The van der Waals surface area contributed by atoms with Gasteiger partial charge in [-0.1, -0.05) is 54.2 Å². The van der Waals surface area contributed by atoms with Gasteiger partial charge in [-0.3, -0.25) is 9.59 Å². The molecule has 1 atom stereocenters. The maximum absolute atomic E-state index is 12.7. The second kappa shape index (κ2) is 10.3. The van der Waals surface area contributed by atoms with Gasteiger partial charge < -0.3 is 20.1 Å². The van der Waals surface area contributed by atoms with Crippen LogP contribution in [-0.4, -0.2) is 31.8 Å². The summed E-state index contributed by atoms with van der Waals surface area (Å²) < 4.78 is 10.5. The number of fused-ring (bicyclic) bond motifs is 1. The molecule has 3 aromatic rings. The topological polar surface area (TPSA) is 100 Å². The summed E-state index contributed by atoms with van der Waals surface area (Å²) in [6.07, 6.45) is 0.175. The van der Waals surface area contributed by atoms with Crippen LogP contribution in [0.3, 0.4) is 0 Å². The van der Waals surface area contributed by atoms with E-state index in [2.05, 4.69) is 16.7 Å². The van der Waals surface area contributed by atoms with Crippen LogP contribution in [0.15, 0.2) is 71.3 Å². The number of nitrogens with zero attached hydrogens (tertiary/aromatic N) is 1. The van der Waals surface area contributed by atoms with Gasteiger partial charge in [-0.05, 0) is 28.5 Å². The van der Waals surface area contributed by atoms with Crippen LogP contribution in [0, 0.1) is 11.3 Å². The normalized spacial score (nSPS) is 15.4. The molecule has 2 amide bonds. The molecule has 0 aromatic heterocycles. The Morgan fingerprint density at radius 2 is 1.94 bits per heavy atom. The Kier molecular flexibility index (Phi) is 7.04. The Labute approximate surface area is 201 Å². The summed E-state index contributed by atoms with van der Waals surface area (Å²) in [5.74, 6) is 0.212. The quantitative estimate of drug-likeness (QED) is 0.522. The lowest BCUT2D eigenvalue weighted by Crippen LogP contribution is -2.31. The van der Waals surface area contributed by atoms with Gasteiger partial charge >= 0.3 is 0 Å². The van der Waals surface area contributed by atoms with Crippen LogP contribution in [0.25, 0.3) is 10.8 Å². The standard InChI is InChI=1S/C26H23N3O4S/c1-32-17-10-11-23(33-2)22(12-17)28-25(31)15-34-26-21(14-27)20(13-24(30)29-26)19-9-5-7-16-6-3-4-8-18(16)19/h3-12,20H,13,15H2,1-2H3,(H,28,31)(H,29,30)/t20-/m0/s1. The number of carbonyl (C=O) groups is 2. The summed E-state index contributed by atoms with van der Waals surface area (Å²) in [6.45, 7) is 0. The fraction of sp³-hybridized carbons (Fsp3) is 0.192. The second-order valence-electron chi connectivity index (χ2n) is 7.63. The number of amides is 2. The van der Waals surface area contributed by atoms with Crippen molar-refractivity contribution in [3.8, 4) is 17.6 Å². The first kappa shape index (κ1) is 23.2. The Morgan fingerprint density at radius 1 is 1.15 bits per heavy atom. The highest BCUT2D eigenvalue weighted by Gasteiger charge is 2.30. The number of methoxy groups -OCH3 is 2. The van der Waals surface area contributed by atoms with Crippen LogP contribution in [0.4, 0.5) is 5.69 Å². The van der Waals surface area contributed by atoms with Gasteiger partial charge in [0.05, 0.1) is 42.3 Å². The number of nitrogens with one attached hydrogen (secondary N) is 2. The molecule has 0 saturated carbocycles. The van der Waals surface area contributed by atoms with Crippen LogP contribution >= 0.6 is 11.8 Å². The lowest BCUT2D eigenvalue weighted by Gasteiger charge is -2.26. The predicted octanol–water partition coefficient (Wildman–Crippen LogP) is 4.57. The molecule has 1 aliphatic rings. The highest BCUT2D eigenvalue weighted by molar-refractivity contribution is 8.03. The Bertz CT molecular complexity index is 1320. The van der Waals surface area contributed by atoms with Crippen LogP contribution in [0.5, 0.6) is 11.5 Å². The zero-order valence-corrected chi connectivity index (χ0v) is 19.6. The van der Waals surface area contributed by atoms with Crippen molar-refractivity contribution >= 4 is 40.0 Å². The number of benzene rings is 3. The van der Waals surface area contributed by atoms with Gasteiger partial charge in [-0.2, -0.15) is 5.26 Å². The van der Waals surface area contributed by atoms with Crippen LogP contribution < -0.4 is 20.1 Å². The van der Waals surface area contributed by atoms with E-state index in [0.29, 0.717) is 27.8 Å². The predicted molar refractivity (Wildman–Crippen MR) is 133 cm³/mol. The molecular formula is C26H23N3O4S. The van der Waals surface area contributed by atoms with Crippen molar-refractivity contribution in [3.05, 3.63) is 76.8 Å². The van der Waals surface area contributed by atoms with E-state index in [1.54, 1.807) is 18.2 Å². The monoisotopic (exact) mass is 473 g/mol. The maximum atomic E-state index is 12.7. The molecule has 172 valence electrons. The van der Waals surface area contributed by atoms with E-state index in [0.717, 1.165) is 28.1 Å². The van der Waals surface area contributed by atoms with Gasteiger partial charge in [-0.25, -0.2) is 0 Å². The molecule has 2 N–H and O–H groups in total. The lowest BCUT2D eigenvalue weighted by molar-refractivity contribution is -0.121. The molecule has 0 spiro atoms. The molecule has 0 saturated heterocycles. The molecule has 7 nitrogen and oxygen atoms in total. The Morgan fingerprint density at radius 3 is 2.71 bits per heavy atom. The summed E-state index contributed by atoms with van der Waals surface area (Å²) in [4.78, 5) is 25.2. The van der Waals surface area contributed by atoms with Crippen molar-refractivity contribution in [1.82, 2.24) is 5.32 Å². The van der Waals surface area contributed by atoms with Gasteiger partial charge in [0.25, 0.3) is 0 Å². The van der Waals surface area contributed by atoms with Gasteiger partial charge in [0.1, 0.15) is 11.5 Å². The zero-order chi connectivity index (χ0) is 24.1. The second-order valence-corrected chi connectivity index (χ2v) is 8.62. The van der Waals surface area contributed by atoms with Gasteiger partial charge in [0, 0.05) is 18.4 Å². The minimum atomic E-state index is -0.381. The van der Waals surface area contributed by atoms with E-state index in [1.807, 2.05) is 42.5 Å². The van der Waals surface area contributed by atoms with E-state index < -0.39 is 0 Å². The van der Waals surface area contributed by atoms with Crippen LogP contribution in [0.1, 0.15) is 17.9 Å². The van der Waals surface area contributed by atoms with Crippen molar-refractivity contribution in [3.63, 3.8) is 0 Å². The summed E-state index contributed by atoms with van der Waals surface area (Å²) >= 11 is 1.13. The number of rotatable bonds is 7. The first-order valence-electron chi connectivity index (χ1n) is 10.6. The lowest BCUT2D eigenvalue weighted by atomic mass is 9.84. The highest BCUT2D eigenvalue weighted by atomic mass is 32.2. The third-order valence-electron chi connectivity index (χ3n) is 5.58. The number of ether oxygens (including phenoxy) is 2. The van der Waals surface area contributed by atoms with Gasteiger partial charge in [0.2, 0.25) is 11.8 Å². The Hall–Kier alpha value is -3.96. The molecule has 0 radical (unpaired) electrons. The minimum Gasteiger partial charge on any atom is -0.497 e. The van der Waals surface area contributed by atoms with E-state index in [1.165, 1.54) is 14.2 Å².